The van der Waals surface area contributed by atoms with Crippen molar-refractivity contribution in [3.8, 4) is 0 Å². The van der Waals surface area contributed by atoms with Gasteiger partial charge < -0.3 is 20.7 Å². The lowest BCUT2D eigenvalue weighted by molar-refractivity contribution is -0.144. The summed E-state index contributed by atoms with van der Waals surface area (Å²) in [6, 6.07) is -0.500. The first-order chi connectivity index (χ1) is 9.39. The Morgan fingerprint density at radius 1 is 1.45 bits per heavy atom. The third-order valence-corrected chi connectivity index (χ3v) is 4.06. The van der Waals surface area contributed by atoms with Crippen LogP contribution in [0.25, 0.3) is 0 Å². The van der Waals surface area contributed by atoms with Gasteiger partial charge in [0.2, 0.25) is 11.8 Å². The topological polar surface area (TPSA) is 84.7 Å². The van der Waals surface area contributed by atoms with E-state index in [1.807, 2.05) is 13.8 Å². The minimum absolute atomic E-state index is 0.0243. The third kappa shape index (κ3) is 2.96. The minimum atomic E-state index is -0.436. The largest absolute Gasteiger partial charge is 0.384 e. The van der Waals surface area contributed by atoms with E-state index in [2.05, 4.69) is 5.32 Å². The van der Waals surface area contributed by atoms with Gasteiger partial charge in [-0.2, -0.15) is 0 Å². The number of carbonyl (C=O) groups is 2. The molecule has 1 heterocycles. The predicted molar refractivity (Wildman–Crippen MR) is 74.9 cm³/mol. The molecule has 6 heteroatoms. The number of amides is 2. The van der Waals surface area contributed by atoms with Crippen LogP contribution < -0.4 is 11.1 Å². The summed E-state index contributed by atoms with van der Waals surface area (Å²) in [4.78, 5) is 26.6. The first kappa shape index (κ1) is 15.3. The zero-order chi connectivity index (χ0) is 14.9. The normalized spacial score (nSPS) is 27.8. The SMILES string of the molecule is COCC1(C(=O)N2C[C@@H](N)C[C@H]2C(=O)NC(C)C)CC1. The van der Waals surface area contributed by atoms with Crippen LogP contribution in [0.5, 0.6) is 0 Å². The number of hydrogen-bond donors (Lipinski definition) is 2. The van der Waals surface area contributed by atoms with Gasteiger partial charge in [0.05, 0.1) is 12.0 Å². The molecule has 0 unspecified atom stereocenters. The maximum absolute atomic E-state index is 12.7. The van der Waals surface area contributed by atoms with E-state index in [4.69, 9.17) is 10.5 Å². The van der Waals surface area contributed by atoms with Crippen LogP contribution in [0.4, 0.5) is 0 Å². The Hall–Kier alpha value is -1.14. The molecule has 2 rings (SSSR count). The second-order valence-corrected chi connectivity index (χ2v) is 6.35. The molecule has 2 amide bonds. The van der Waals surface area contributed by atoms with Gasteiger partial charge in [-0.25, -0.2) is 0 Å². The molecule has 1 aliphatic heterocycles. The highest BCUT2D eigenvalue weighted by molar-refractivity contribution is 5.92. The molecule has 20 heavy (non-hydrogen) atoms. The second kappa shape index (κ2) is 5.69. The highest BCUT2D eigenvalue weighted by Gasteiger charge is 2.54. The van der Waals surface area contributed by atoms with Crippen LogP contribution in [0.2, 0.25) is 0 Å². The molecule has 2 atom stereocenters. The van der Waals surface area contributed by atoms with Gasteiger partial charge in [0.1, 0.15) is 6.04 Å². The number of hydrogen-bond acceptors (Lipinski definition) is 4. The van der Waals surface area contributed by atoms with Crippen molar-refractivity contribution >= 4 is 11.8 Å². The van der Waals surface area contributed by atoms with Gasteiger partial charge in [-0.1, -0.05) is 0 Å². The maximum atomic E-state index is 12.7. The Morgan fingerprint density at radius 3 is 2.60 bits per heavy atom. The number of likely N-dealkylation sites (tertiary alicyclic amines) is 1. The Kier molecular flexibility index (Phi) is 4.34. The number of nitrogens with one attached hydrogen (secondary N) is 1. The van der Waals surface area contributed by atoms with E-state index in [0.29, 0.717) is 19.6 Å². The summed E-state index contributed by atoms with van der Waals surface area (Å²) in [5.41, 5.74) is 5.55. The molecule has 0 spiro atoms. The molecule has 1 aliphatic carbocycles. The first-order valence-electron chi connectivity index (χ1n) is 7.25. The van der Waals surface area contributed by atoms with Crippen LogP contribution in [0, 0.1) is 5.41 Å². The van der Waals surface area contributed by atoms with E-state index in [0.717, 1.165) is 12.8 Å². The average molecular weight is 283 g/mol. The average Bonchev–Trinajstić information content (AvgIpc) is 3.03. The molecule has 2 fully saturated rings. The highest BCUT2D eigenvalue weighted by atomic mass is 16.5. The fourth-order valence-electron chi connectivity index (χ4n) is 2.87. The zero-order valence-corrected chi connectivity index (χ0v) is 12.5. The van der Waals surface area contributed by atoms with Crippen LogP contribution in [-0.4, -0.2) is 55.1 Å². The van der Waals surface area contributed by atoms with E-state index in [1.54, 1.807) is 12.0 Å². The van der Waals surface area contributed by atoms with E-state index >= 15 is 0 Å². The number of rotatable bonds is 5. The van der Waals surface area contributed by atoms with Crippen molar-refractivity contribution in [2.75, 3.05) is 20.3 Å². The molecule has 3 N–H and O–H groups in total. The molecule has 2 aliphatic rings. The first-order valence-corrected chi connectivity index (χ1v) is 7.25. The van der Waals surface area contributed by atoms with Crippen LogP contribution in [0.15, 0.2) is 0 Å². The quantitative estimate of drug-likeness (QED) is 0.736. The molecule has 0 radical (unpaired) electrons. The standard InChI is InChI=1S/C14H25N3O3/c1-9(2)16-12(18)11-6-10(15)7-17(11)13(19)14(4-5-14)8-20-3/h9-11H,4-8,15H2,1-3H3,(H,16,18)/t10-,11-/m0/s1. The van der Waals surface area contributed by atoms with E-state index in [1.165, 1.54) is 0 Å². The molecule has 0 aromatic rings. The van der Waals surface area contributed by atoms with Gasteiger partial charge in [0, 0.05) is 25.7 Å². The molecule has 0 aromatic carbocycles. The van der Waals surface area contributed by atoms with Crippen molar-refractivity contribution in [1.29, 1.82) is 0 Å². The molecule has 0 bridgehead atoms. The van der Waals surface area contributed by atoms with Gasteiger partial charge >= 0.3 is 0 Å². The van der Waals surface area contributed by atoms with E-state index in [-0.39, 0.29) is 23.9 Å². The third-order valence-electron chi connectivity index (χ3n) is 4.06. The summed E-state index contributed by atoms with van der Waals surface area (Å²) in [6.45, 7) is 4.70. The second-order valence-electron chi connectivity index (χ2n) is 6.35. The van der Waals surface area contributed by atoms with Crippen LogP contribution in [0.1, 0.15) is 33.1 Å². The number of nitrogens with two attached hydrogens (primary N) is 1. The summed E-state index contributed by atoms with van der Waals surface area (Å²) in [7, 11) is 1.60. The van der Waals surface area contributed by atoms with Crippen molar-refractivity contribution in [3.05, 3.63) is 0 Å². The van der Waals surface area contributed by atoms with Crippen molar-refractivity contribution in [2.45, 2.75) is 51.2 Å². The van der Waals surface area contributed by atoms with Gasteiger partial charge in [-0.15, -0.1) is 0 Å². The molecule has 0 aromatic heterocycles. The number of nitrogens with zero attached hydrogens (tertiary/aromatic N) is 1. The molecule has 6 nitrogen and oxygen atoms in total. The number of ether oxygens (including phenoxy) is 1. The Bertz CT molecular complexity index is 393. The molecular formula is C14H25N3O3. The molecular weight excluding hydrogens is 258 g/mol. The van der Waals surface area contributed by atoms with Crippen LogP contribution in [0.3, 0.4) is 0 Å². The van der Waals surface area contributed by atoms with E-state index < -0.39 is 11.5 Å². The fourth-order valence-corrected chi connectivity index (χ4v) is 2.87. The lowest BCUT2D eigenvalue weighted by atomic mass is 10.1. The lowest BCUT2D eigenvalue weighted by Gasteiger charge is -2.28. The van der Waals surface area contributed by atoms with Gasteiger partial charge in [0.15, 0.2) is 0 Å². The summed E-state index contributed by atoms with van der Waals surface area (Å²) in [5.74, 6) is -0.0780. The fraction of sp³-hybridized carbons (Fsp3) is 0.857. The van der Waals surface area contributed by atoms with E-state index in [9.17, 15) is 9.59 Å². The molecule has 1 saturated carbocycles. The van der Waals surface area contributed by atoms with Crippen LogP contribution >= 0.6 is 0 Å². The summed E-state index contributed by atoms with van der Waals surface area (Å²) in [5, 5.41) is 2.87. The summed E-state index contributed by atoms with van der Waals surface area (Å²) < 4.78 is 5.16. The number of carbonyl (C=O) groups excluding carboxylic acids is 2. The van der Waals surface area contributed by atoms with Crippen molar-refractivity contribution in [3.63, 3.8) is 0 Å². The summed E-state index contributed by atoms with van der Waals surface area (Å²) >= 11 is 0. The van der Waals surface area contributed by atoms with Crippen molar-refractivity contribution < 1.29 is 14.3 Å². The van der Waals surface area contributed by atoms with Crippen molar-refractivity contribution in [2.24, 2.45) is 11.1 Å². The Labute approximate surface area is 120 Å². The molecule has 114 valence electrons. The minimum Gasteiger partial charge on any atom is -0.384 e. The Balaban J connectivity index is 2.08. The predicted octanol–water partition coefficient (Wildman–Crippen LogP) is -0.134. The van der Waals surface area contributed by atoms with Gasteiger partial charge in [-0.05, 0) is 33.1 Å². The summed E-state index contributed by atoms with van der Waals surface area (Å²) in [6.07, 6.45) is 2.21. The Morgan fingerprint density at radius 2 is 2.10 bits per heavy atom. The number of methoxy groups -OCH3 is 1. The highest BCUT2D eigenvalue weighted by Crippen LogP contribution is 2.48. The maximum Gasteiger partial charge on any atom is 0.243 e. The smallest absolute Gasteiger partial charge is 0.243 e. The zero-order valence-electron chi connectivity index (χ0n) is 12.5. The van der Waals surface area contributed by atoms with Crippen molar-refractivity contribution in [1.82, 2.24) is 10.2 Å². The van der Waals surface area contributed by atoms with Gasteiger partial charge in [0.25, 0.3) is 0 Å². The lowest BCUT2D eigenvalue weighted by Crippen LogP contribution is -2.50. The monoisotopic (exact) mass is 283 g/mol. The molecule has 1 saturated heterocycles. The van der Waals surface area contributed by atoms with Crippen LogP contribution in [-0.2, 0) is 14.3 Å². The van der Waals surface area contributed by atoms with Gasteiger partial charge in [-0.3, -0.25) is 9.59 Å².